The van der Waals surface area contributed by atoms with E-state index in [1.54, 1.807) is 13.8 Å². The molecule has 0 saturated carbocycles. The van der Waals surface area contributed by atoms with Gasteiger partial charge in [0.25, 0.3) is 0 Å². The third kappa shape index (κ3) is 8.55. The van der Waals surface area contributed by atoms with Crippen LogP contribution in [-0.4, -0.2) is 36.1 Å². The molecule has 0 heterocycles. The van der Waals surface area contributed by atoms with Crippen LogP contribution in [0.15, 0.2) is 0 Å². The van der Waals surface area contributed by atoms with Gasteiger partial charge >= 0.3 is 11.9 Å². The van der Waals surface area contributed by atoms with E-state index in [4.69, 9.17) is 9.84 Å². The summed E-state index contributed by atoms with van der Waals surface area (Å²) < 4.78 is 4.86. The minimum absolute atomic E-state index is 0.0111. The van der Waals surface area contributed by atoms with Crippen molar-refractivity contribution in [2.75, 3.05) is 13.2 Å². The molecule has 18 heavy (non-hydrogen) atoms. The van der Waals surface area contributed by atoms with Gasteiger partial charge < -0.3 is 15.2 Å². The first-order valence-corrected chi connectivity index (χ1v) is 6.12. The van der Waals surface area contributed by atoms with Crippen LogP contribution in [0.3, 0.4) is 0 Å². The summed E-state index contributed by atoms with van der Waals surface area (Å²) in [6.07, 6.45) is 1.13. The van der Waals surface area contributed by atoms with E-state index in [2.05, 4.69) is 5.32 Å². The summed E-state index contributed by atoms with van der Waals surface area (Å²) >= 11 is 0. The summed E-state index contributed by atoms with van der Waals surface area (Å²) in [5.41, 5.74) is 0. The zero-order valence-electron chi connectivity index (χ0n) is 10.9. The Morgan fingerprint density at radius 2 is 1.94 bits per heavy atom. The normalized spacial score (nSPS) is 11.7. The number of hydrogen-bond donors (Lipinski definition) is 2. The number of ether oxygens (including phenoxy) is 1. The Labute approximate surface area is 107 Å². The molecular weight excluding hydrogens is 238 g/mol. The van der Waals surface area contributed by atoms with Crippen LogP contribution in [-0.2, 0) is 19.1 Å². The lowest BCUT2D eigenvalue weighted by Crippen LogP contribution is -2.25. The number of amides is 1. The Morgan fingerprint density at radius 1 is 1.28 bits per heavy atom. The molecule has 2 N–H and O–H groups in total. The maximum atomic E-state index is 11.3. The predicted octanol–water partition coefficient (Wildman–Crippen LogP) is 0.947. The fourth-order valence-electron chi connectivity index (χ4n) is 1.35. The molecule has 0 rings (SSSR count). The molecule has 104 valence electrons. The molecule has 0 spiro atoms. The van der Waals surface area contributed by atoms with Gasteiger partial charge in [-0.05, 0) is 19.8 Å². The molecule has 0 fully saturated rings. The lowest BCUT2D eigenvalue weighted by molar-refractivity contribution is -0.147. The maximum Gasteiger partial charge on any atom is 0.308 e. The minimum atomic E-state index is -0.985. The molecule has 0 aromatic rings. The van der Waals surface area contributed by atoms with Crippen molar-refractivity contribution in [2.45, 2.75) is 39.5 Å². The predicted molar refractivity (Wildman–Crippen MR) is 64.9 cm³/mol. The smallest absolute Gasteiger partial charge is 0.308 e. The van der Waals surface area contributed by atoms with Gasteiger partial charge in [0.05, 0.1) is 18.9 Å². The van der Waals surface area contributed by atoms with Crippen LogP contribution in [0, 0.1) is 5.92 Å². The van der Waals surface area contributed by atoms with Crippen molar-refractivity contribution in [2.24, 2.45) is 5.92 Å². The molecule has 0 aromatic carbocycles. The molecule has 6 heteroatoms. The molecule has 1 amide bonds. The molecule has 1 unspecified atom stereocenters. The van der Waals surface area contributed by atoms with Crippen molar-refractivity contribution in [3.05, 3.63) is 0 Å². The first-order chi connectivity index (χ1) is 8.47. The first kappa shape index (κ1) is 16.4. The third-order valence-corrected chi connectivity index (χ3v) is 2.39. The molecule has 0 saturated heterocycles. The zero-order chi connectivity index (χ0) is 14.0. The van der Waals surface area contributed by atoms with Crippen molar-refractivity contribution in [1.29, 1.82) is 0 Å². The zero-order valence-corrected chi connectivity index (χ0v) is 10.9. The van der Waals surface area contributed by atoms with E-state index in [0.717, 1.165) is 0 Å². The van der Waals surface area contributed by atoms with Gasteiger partial charge in [0, 0.05) is 13.0 Å². The number of hydrogen-bond acceptors (Lipinski definition) is 4. The van der Waals surface area contributed by atoms with E-state index in [9.17, 15) is 14.4 Å². The van der Waals surface area contributed by atoms with Gasteiger partial charge in [-0.3, -0.25) is 14.4 Å². The van der Waals surface area contributed by atoms with Crippen LogP contribution in [0.5, 0.6) is 0 Å². The number of esters is 1. The lowest BCUT2D eigenvalue weighted by atomic mass is 10.1. The largest absolute Gasteiger partial charge is 0.481 e. The quantitative estimate of drug-likeness (QED) is 0.475. The second kappa shape index (κ2) is 9.44. The molecule has 0 aliphatic rings. The number of carboxylic acids is 1. The molecule has 0 radical (unpaired) electrons. The van der Waals surface area contributed by atoms with E-state index < -0.39 is 5.97 Å². The highest BCUT2D eigenvalue weighted by Gasteiger charge is 2.13. The van der Waals surface area contributed by atoms with Crippen LogP contribution >= 0.6 is 0 Å². The minimum Gasteiger partial charge on any atom is -0.481 e. The topological polar surface area (TPSA) is 92.7 Å². The van der Waals surface area contributed by atoms with Gasteiger partial charge in [0.1, 0.15) is 0 Å². The fraction of sp³-hybridized carbons (Fsp3) is 0.750. The van der Waals surface area contributed by atoms with Gasteiger partial charge in [0.15, 0.2) is 0 Å². The number of nitrogens with one attached hydrogen (secondary N) is 1. The summed E-state index contributed by atoms with van der Waals surface area (Å²) in [4.78, 5) is 32.7. The number of carbonyl (C=O) groups excluding carboxylic acids is 2. The van der Waals surface area contributed by atoms with E-state index >= 15 is 0 Å². The van der Waals surface area contributed by atoms with Gasteiger partial charge in [-0.25, -0.2) is 0 Å². The Bertz CT molecular complexity index is 290. The van der Waals surface area contributed by atoms with E-state index in [1.807, 2.05) is 0 Å². The molecule has 0 bridgehead atoms. The van der Waals surface area contributed by atoms with Gasteiger partial charge in [0.2, 0.25) is 5.91 Å². The van der Waals surface area contributed by atoms with Gasteiger partial charge in [-0.15, -0.1) is 0 Å². The summed E-state index contributed by atoms with van der Waals surface area (Å²) in [5, 5.41) is 11.0. The second-order valence-corrected chi connectivity index (χ2v) is 4.04. The Kier molecular flexibility index (Phi) is 8.61. The van der Waals surface area contributed by atoms with E-state index in [1.165, 1.54) is 0 Å². The molecule has 6 nitrogen and oxygen atoms in total. The number of aliphatic carboxylic acids is 1. The van der Waals surface area contributed by atoms with Crippen molar-refractivity contribution in [1.82, 2.24) is 5.32 Å². The fourth-order valence-corrected chi connectivity index (χ4v) is 1.35. The van der Waals surface area contributed by atoms with Crippen LogP contribution in [0.25, 0.3) is 0 Å². The molecule has 1 atom stereocenters. The van der Waals surface area contributed by atoms with Crippen LogP contribution < -0.4 is 5.32 Å². The summed E-state index contributed by atoms with van der Waals surface area (Å²) in [6, 6.07) is 0. The first-order valence-electron chi connectivity index (χ1n) is 6.12. The van der Waals surface area contributed by atoms with Crippen LogP contribution in [0.2, 0.25) is 0 Å². The monoisotopic (exact) mass is 259 g/mol. The summed E-state index contributed by atoms with van der Waals surface area (Å²) in [5.74, 6) is -1.67. The maximum absolute atomic E-state index is 11.3. The highest BCUT2D eigenvalue weighted by atomic mass is 16.5. The highest BCUT2D eigenvalue weighted by Crippen LogP contribution is 2.07. The Balaban J connectivity index is 3.57. The summed E-state index contributed by atoms with van der Waals surface area (Å²) in [6.45, 7) is 4.36. The van der Waals surface area contributed by atoms with Crippen LogP contribution in [0.1, 0.15) is 39.5 Å². The SMILES string of the molecule is CCOC(=O)C(C)CCCNC(=O)CCC(=O)O. The lowest BCUT2D eigenvalue weighted by Gasteiger charge is -2.10. The van der Waals surface area contributed by atoms with Crippen molar-refractivity contribution in [3.8, 4) is 0 Å². The standard InChI is InChI=1S/C12H21NO5/c1-3-18-12(17)9(2)5-4-8-13-10(14)6-7-11(15)16/h9H,3-8H2,1-2H3,(H,13,14)(H,15,16). The van der Waals surface area contributed by atoms with Gasteiger partial charge in [-0.2, -0.15) is 0 Å². The third-order valence-electron chi connectivity index (χ3n) is 2.39. The van der Waals surface area contributed by atoms with Crippen molar-refractivity contribution >= 4 is 17.8 Å². The van der Waals surface area contributed by atoms with E-state index in [0.29, 0.717) is 26.0 Å². The number of rotatable bonds is 9. The molecule has 0 aliphatic carbocycles. The Morgan fingerprint density at radius 3 is 2.50 bits per heavy atom. The average Bonchev–Trinajstić information content (AvgIpc) is 2.32. The van der Waals surface area contributed by atoms with Crippen molar-refractivity contribution < 1.29 is 24.2 Å². The average molecular weight is 259 g/mol. The summed E-state index contributed by atoms with van der Waals surface area (Å²) in [7, 11) is 0. The number of carbonyl (C=O) groups is 3. The molecule has 0 aliphatic heterocycles. The molecule has 0 aromatic heterocycles. The second-order valence-electron chi connectivity index (χ2n) is 4.04. The van der Waals surface area contributed by atoms with Crippen LogP contribution in [0.4, 0.5) is 0 Å². The highest BCUT2D eigenvalue weighted by molar-refractivity contribution is 5.80. The molecular formula is C12H21NO5. The van der Waals surface area contributed by atoms with Crippen molar-refractivity contribution in [3.63, 3.8) is 0 Å². The van der Waals surface area contributed by atoms with Gasteiger partial charge in [-0.1, -0.05) is 6.92 Å². The number of carboxylic acid groups (broad SMARTS) is 1. The Hall–Kier alpha value is -1.59. The van der Waals surface area contributed by atoms with E-state index in [-0.39, 0.29) is 30.6 Å².